The van der Waals surface area contributed by atoms with E-state index in [9.17, 15) is 0 Å². The van der Waals surface area contributed by atoms with Crippen molar-refractivity contribution in [1.82, 2.24) is 10.1 Å². The Labute approximate surface area is 103 Å². The van der Waals surface area contributed by atoms with Crippen LogP contribution >= 0.6 is 23.2 Å². The molecule has 1 atom stereocenters. The molecule has 2 aromatic rings. The van der Waals surface area contributed by atoms with Crippen LogP contribution in [0.15, 0.2) is 21.1 Å². The van der Waals surface area contributed by atoms with Crippen molar-refractivity contribution in [2.45, 2.75) is 25.1 Å². The quantitative estimate of drug-likeness (QED) is 0.778. The molecule has 0 bridgehead atoms. The molecule has 4 nitrogen and oxygen atoms in total. The van der Waals surface area contributed by atoms with Crippen LogP contribution in [0.1, 0.15) is 31.0 Å². The molecule has 0 amide bonds. The second-order valence-electron chi connectivity index (χ2n) is 3.32. The largest absolute Gasteiger partial charge is 0.440 e. The SMILES string of the molecule is CCCC(Cl)c1noc(-c2ccc(Cl)o2)n1. The minimum atomic E-state index is -0.229. The lowest BCUT2D eigenvalue weighted by Crippen LogP contribution is -1.92. The summed E-state index contributed by atoms with van der Waals surface area (Å²) in [6, 6.07) is 3.29. The summed E-state index contributed by atoms with van der Waals surface area (Å²) < 4.78 is 10.2. The van der Waals surface area contributed by atoms with Crippen LogP contribution in [0.25, 0.3) is 11.7 Å². The van der Waals surface area contributed by atoms with Crippen LogP contribution in [0.4, 0.5) is 0 Å². The fourth-order valence-corrected chi connectivity index (χ4v) is 1.73. The summed E-state index contributed by atoms with van der Waals surface area (Å²) in [6.45, 7) is 2.04. The van der Waals surface area contributed by atoms with Gasteiger partial charge in [0.25, 0.3) is 5.89 Å². The Hall–Kier alpha value is -1.00. The Morgan fingerprint density at radius 1 is 1.44 bits per heavy atom. The molecule has 0 aliphatic carbocycles. The number of aromatic nitrogens is 2. The molecule has 1 unspecified atom stereocenters. The molecule has 0 spiro atoms. The number of halogens is 2. The first-order valence-electron chi connectivity index (χ1n) is 4.94. The summed E-state index contributed by atoms with van der Waals surface area (Å²) >= 11 is 11.7. The molecular formula is C10H10Cl2N2O2. The first-order chi connectivity index (χ1) is 7.70. The van der Waals surface area contributed by atoms with Crippen LogP contribution in [0.5, 0.6) is 0 Å². The lowest BCUT2D eigenvalue weighted by molar-refractivity contribution is 0.407. The number of hydrogen-bond acceptors (Lipinski definition) is 4. The number of nitrogens with zero attached hydrogens (tertiary/aromatic N) is 2. The summed E-state index contributed by atoms with van der Waals surface area (Å²) in [5.74, 6) is 1.22. The second-order valence-corrected chi connectivity index (χ2v) is 4.22. The van der Waals surface area contributed by atoms with Crippen molar-refractivity contribution in [3.05, 3.63) is 23.2 Å². The highest BCUT2D eigenvalue weighted by atomic mass is 35.5. The molecule has 0 N–H and O–H groups in total. The number of furan rings is 1. The molecule has 2 rings (SSSR count). The van der Waals surface area contributed by atoms with Crippen molar-refractivity contribution in [2.75, 3.05) is 0 Å². The maximum atomic E-state index is 6.07. The van der Waals surface area contributed by atoms with E-state index in [2.05, 4.69) is 10.1 Å². The molecule has 0 aliphatic heterocycles. The summed E-state index contributed by atoms with van der Waals surface area (Å²) in [5, 5.41) is 3.85. The van der Waals surface area contributed by atoms with E-state index in [0.717, 1.165) is 12.8 Å². The van der Waals surface area contributed by atoms with Gasteiger partial charge in [-0.1, -0.05) is 18.5 Å². The Bertz CT molecular complexity index is 467. The maximum Gasteiger partial charge on any atom is 0.293 e. The van der Waals surface area contributed by atoms with Gasteiger partial charge < -0.3 is 8.94 Å². The smallest absolute Gasteiger partial charge is 0.293 e. The van der Waals surface area contributed by atoms with Crippen molar-refractivity contribution in [1.29, 1.82) is 0 Å². The highest BCUT2D eigenvalue weighted by Crippen LogP contribution is 2.27. The Balaban J connectivity index is 2.19. The third kappa shape index (κ3) is 2.39. The number of hydrogen-bond donors (Lipinski definition) is 0. The summed E-state index contributed by atoms with van der Waals surface area (Å²) in [4.78, 5) is 4.15. The van der Waals surface area contributed by atoms with Crippen LogP contribution < -0.4 is 0 Å². The van der Waals surface area contributed by atoms with Gasteiger partial charge in [0.2, 0.25) is 0 Å². The summed E-state index contributed by atoms with van der Waals surface area (Å²) in [6.07, 6.45) is 1.77. The molecule has 0 saturated heterocycles. The van der Waals surface area contributed by atoms with Gasteiger partial charge in [-0.25, -0.2) is 0 Å². The molecule has 0 aliphatic rings. The zero-order valence-corrected chi connectivity index (χ0v) is 10.1. The summed E-state index contributed by atoms with van der Waals surface area (Å²) in [5.41, 5.74) is 0. The average Bonchev–Trinajstić information content (AvgIpc) is 2.85. The van der Waals surface area contributed by atoms with Gasteiger partial charge >= 0.3 is 0 Å². The van der Waals surface area contributed by atoms with Gasteiger partial charge in [-0.3, -0.25) is 0 Å². The van der Waals surface area contributed by atoms with Gasteiger partial charge in [0.05, 0.1) is 5.38 Å². The molecule has 0 aromatic carbocycles. The Morgan fingerprint density at radius 3 is 2.88 bits per heavy atom. The van der Waals surface area contributed by atoms with E-state index in [-0.39, 0.29) is 10.6 Å². The number of rotatable bonds is 4. The first kappa shape index (κ1) is 11.5. The zero-order valence-electron chi connectivity index (χ0n) is 8.61. The number of alkyl halides is 1. The zero-order chi connectivity index (χ0) is 11.5. The van der Waals surface area contributed by atoms with Gasteiger partial charge in [0, 0.05) is 0 Å². The normalized spacial score (nSPS) is 12.9. The van der Waals surface area contributed by atoms with Gasteiger partial charge in [-0.2, -0.15) is 4.98 Å². The fourth-order valence-electron chi connectivity index (χ4n) is 1.27. The van der Waals surface area contributed by atoms with E-state index in [1.54, 1.807) is 12.1 Å². The van der Waals surface area contributed by atoms with Crippen molar-refractivity contribution in [3.8, 4) is 11.7 Å². The highest BCUT2D eigenvalue weighted by molar-refractivity contribution is 6.28. The molecule has 2 heterocycles. The predicted octanol–water partition coefficient (Wildman–Crippen LogP) is 4.06. The van der Waals surface area contributed by atoms with Crippen molar-refractivity contribution in [3.63, 3.8) is 0 Å². The van der Waals surface area contributed by atoms with E-state index in [1.807, 2.05) is 6.92 Å². The molecule has 0 radical (unpaired) electrons. The molecule has 2 aromatic heterocycles. The van der Waals surface area contributed by atoms with E-state index in [0.29, 0.717) is 17.5 Å². The van der Waals surface area contributed by atoms with Crippen LogP contribution in [0, 0.1) is 0 Å². The van der Waals surface area contributed by atoms with Crippen LogP contribution in [-0.2, 0) is 0 Å². The van der Waals surface area contributed by atoms with Crippen LogP contribution in [0.2, 0.25) is 5.22 Å². The Kier molecular flexibility index (Phi) is 3.51. The van der Waals surface area contributed by atoms with Gasteiger partial charge in [-0.05, 0) is 30.2 Å². The van der Waals surface area contributed by atoms with E-state index in [4.69, 9.17) is 32.1 Å². The third-order valence-corrected chi connectivity index (χ3v) is 2.66. The van der Waals surface area contributed by atoms with Crippen molar-refractivity contribution in [2.24, 2.45) is 0 Å². The van der Waals surface area contributed by atoms with E-state index in [1.165, 1.54) is 0 Å². The topological polar surface area (TPSA) is 52.1 Å². The minimum absolute atomic E-state index is 0.229. The van der Waals surface area contributed by atoms with Gasteiger partial charge in [-0.15, -0.1) is 11.6 Å². The fraction of sp³-hybridized carbons (Fsp3) is 0.400. The summed E-state index contributed by atoms with van der Waals surface area (Å²) in [7, 11) is 0. The first-order valence-corrected chi connectivity index (χ1v) is 5.75. The van der Waals surface area contributed by atoms with Gasteiger partial charge in [0.1, 0.15) is 0 Å². The van der Waals surface area contributed by atoms with Crippen molar-refractivity contribution < 1.29 is 8.94 Å². The second kappa shape index (κ2) is 4.89. The van der Waals surface area contributed by atoms with Crippen LogP contribution in [0.3, 0.4) is 0 Å². The monoisotopic (exact) mass is 260 g/mol. The average molecular weight is 261 g/mol. The predicted molar refractivity (Wildman–Crippen MR) is 60.5 cm³/mol. The minimum Gasteiger partial charge on any atom is -0.440 e. The van der Waals surface area contributed by atoms with Crippen LogP contribution in [-0.4, -0.2) is 10.1 Å². The van der Waals surface area contributed by atoms with Crippen molar-refractivity contribution >= 4 is 23.2 Å². The third-order valence-electron chi connectivity index (χ3n) is 2.05. The van der Waals surface area contributed by atoms with E-state index < -0.39 is 0 Å². The maximum absolute atomic E-state index is 6.07. The molecule has 0 saturated carbocycles. The Morgan fingerprint density at radius 2 is 2.25 bits per heavy atom. The lowest BCUT2D eigenvalue weighted by Gasteiger charge is -1.99. The molecule has 16 heavy (non-hydrogen) atoms. The van der Waals surface area contributed by atoms with Gasteiger partial charge in [0.15, 0.2) is 16.8 Å². The van der Waals surface area contributed by atoms with E-state index >= 15 is 0 Å². The molecule has 0 fully saturated rings. The lowest BCUT2D eigenvalue weighted by atomic mass is 10.2. The standard InChI is InChI=1S/C10H10Cl2N2O2/c1-2-3-6(11)9-13-10(16-14-9)7-4-5-8(12)15-7/h4-6H,2-3H2,1H3. The highest BCUT2D eigenvalue weighted by Gasteiger charge is 2.17. The molecule has 86 valence electrons. The molecular weight excluding hydrogens is 251 g/mol. The molecule has 6 heteroatoms.